The highest BCUT2D eigenvalue weighted by molar-refractivity contribution is 5.65. The fraction of sp³-hybridized carbons (Fsp3) is 0.615. The Bertz CT molecular complexity index is 445. The van der Waals surface area contributed by atoms with E-state index < -0.39 is 11.9 Å². The van der Waals surface area contributed by atoms with Gasteiger partial charge in [0.25, 0.3) is 0 Å². The second-order valence-corrected chi connectivity index (χ2v) is 4.86. The van der Waals surface area contributed by atoms with Crippen LogP contribution in [0.4, 0.5) is 24.5 Å². The summed E-state index contributed by atoms with van der Waals surface area (Å²) in [6, 6.07) is 0.922. The molecule has 0 aliphatic heterocycles. The summed E-state index contributed by atoms with van der Waals surface area (Å²) in [5, 5.41) is 2.86. The predicted octanol–water partition coefficient (Wildman–Crippen LogP) is 3.05. The largest absolute Gasteiger partial charge is 0.433 e. The molecule has 1 heterocycles. The van der Waals surface area contributed by atoms with Crippen LogP contribution in [-0.2, 0) is 10.9 Å². The van der Waals surface area contributed by atoms with Gasteiger partial charge in [-0.3, -0.25) is 0 Å². The van der Waals surface area contributed by atoms with Crippen molar-refractivity contribution in [2.75, 3.05) is 24.2 Å². The molecule has 0 unspecified atom stereocenters. The molecule has 0 atom stereocenters. The average Bonchev–Trinajstić information content (AvgIpc) is 2.88. The lowest BCUT2D eigenvalue weighted by Crippen LogP contribution is -2.17. The number of pyridine rings is 1. The highest BCUT2D eigenvalue weighted by atomic mass is 19.4. The first kappa shape index (κ1) is 14.9. The quantitative estimate of drug-likeness (QED) is 0.818. The van der Waals surface area contributed by atoms with Crippen LogP contribution in [0.1, 0.15) is 31.4 Å². The fourth-order valence-corrected chi connectivity index (χ4v) is 2.24. The molecular formula is C13H18F3N3O. The van der Waals surface area contributed by atoms with E-state index in [0.717, 1.165) is 25.1 Å². The number of alkyl halides is 3. The zero-order valence-electron chi connectivity index (χ0n) is 11.0. The van der Waals surface area contributed by atoms with Crippen LogP contribution in [0.2, 0.25) is 0 Å². The van der Waals surface area contributed by atoms with E-state index in [2.05, 4.69) is 10.3 Å². The van der Waals surface area contributed by atoms with Crippen molar-refractivity contribution in [2.45, 2.75) is 38.0 Å². The molecule has 0 saturated heterocycles. The Morgan fingerprint density at radius 1 is 1.35 bits per heavy atom. The third kappa shape index (κ3) is 4.00. The Morgan fingerprint density at radius 2 is 2.05 bits per heavy atom. The van der Waals surface area contributed by atoms with E-state index in [1.807, 2.05) is 0 Å². The highest BCUT2D eigenvalue weighted by Gasteiger charge is 2.32. The topological polar surface area (TPSA) is 60.2 Å². The minimum atomic E-state index is -4.47. The lowest BCUT2D eigenvalue weighted by Gasteiger charge is -2.14. The molecule has 3 N–H and O–H groups in total. The number of anilines is 2. The van der Waals surface area contributed by atoms with Crippen LogP contribution in [0.15, 0.2) is 12.3 Å². The Morgan fingerprint density at radius 3 is 2.70 bits per heavy atom. The van der Waals surface area contributed by atoms with Gasteiger partial charge in [0, 0.05) is 6.54 Å². The molecule has 0 radical (unpaired) electrons. The van der Waals surface area contributed by atoms with Gasteiger partial charge in [0.2, 0.25) is 0 Å². The van der Waals surface area contributed by atoms with E-state index in [1.165, 1.54) is 12.8 Å². The van der Waals surface area contributed by atoms with Crippen LogP contribution in [-0.4, -0.2) is 24.2 Å². The van der Waals surface area contributed by atoms with Gasteiger partial charge in [0.05, 0.1) is 30.3 Å². The molecule has 7 heteroatoms. The molecular weight excluding hydrogens is 271 g/mol. The molecule has 4 nitrogen and oxygen atoms in total. The number of halogens is 3. The number of nitrogens with one attached hydrogen (secondary N) is 1. The number of hydrogen-bond acceptors (Lipinski definition) is 4. The molecule has 0 spiro atoms. The predicted molar refractivity (Wildman–Crippen MR) is 70.3 cm³/mol. The summed E-state index contributed by atoms with van der Waals surface area (Å²) in [6.07, 6.45) is 1.34. The summed E-state index contributed by atoms with van der Waals surface area (Å²) < 4.78 is 43.2. The lowest BCUT2D eigenvalue weighted by atomic mass is 10.2. The second kappa shape index (κ2) is 6.30. The summed E-state index contributed by atoms with van der Waals surface area (Å²) in [5.41, 5.74) is 5.08. The summed E-state index contributed by atoms with van der Waals surface area (Å²) >= 11 is 0. The maximum Gasteiger partial charge on any atom is 0.433 e. The van der Waals surface area contributed by atoms with Crippen molar-refractivity contribution in [3.63, 3.8) is 0 Å². The first-order chi connectivity index (χ1) is 9.47. The third-order valence-electron chi connectivity index (χ3n) is 3.30. The SMILES string of the molecule is Nc1cnc(C(F)(F)F)cc1NCCOC1CCCC1. The van der Waals surface area contributed by atoms with Crippen molar-refractivity contribution in [1.29, 1.82) is 0 Å². The van der Waals surface area contributed by atoms with Crippen LogP contribution < -0.4 is 11.1 Å². The second-order valence-electron chi connectivity index (χ2n) is 4.86. The van der Waals surface area contributed by atoms with E-state index >= 15 is 0 Å². The Kier molecular flexibility index (Phi) is 4.69. The van der Waals surface area contributed by atoms with Crippen molar-refractivity contribution in [3.05, 3.63) is 18.0 Å². The van der Waals surface area contributed by atoms with Gasteiger partial charge >= 0.3 is 6.18 Å². The molecule has 0 amide bonds. The van der Waals surface area contributed by atoms with Gasteiger partial charge in [-0.15, -0.1) is 0 Å². The van der Waals surface area contributed by atoms with Gasteiger partial charge in [-0.05, 0) is 18.9 Å². The number of nitrogens with two attached hydrogens (primary N) is 1. The molecule has 1 aromatic heterocycles. The maximum absolute atomic E-state index is 12.5. The van der Waals surface area contributed by atoms with Crippen molar-refractivity contribution in [2.24, 2.45) is 0 Å². The maximum atomic E-state index is 12.5. The number of aromatic nitrogens is 1. The smallest absolute Gasteiger partial charge is 0.396 e. The molecule has 20 heavy (non-hydrogen) atoms. The van der Waals surface area contributed by atoms with Gasteiger partial charge in [0.1, 0.15) is 5.69 Å². The zero-order valence-corrected chi connectivity index (χ0v) is 11.0. The normalized spacial score (nSPS) is 16.6. The highest BCUT2D eigenvalue weighted by Crippen LogP contribution is 2.31. The Labute approximate surface area is 115 Å². The van der Waals surface area contributed by atoms with Gasteiger partial charge in [0.15, 0.2) is 0 Å². The van der Waals surface area contributed by atoms with E-state index in [1.54, 1.807) is 0 Å². The van der Waals surface area contributed by atoms with Crippen LogP contribution >= 0.6 is 0 Å². The molecule has 0 aromatic carbocycles. The van der Waals surface area contributed by atoms with Crippen LogP contribution in [0.3, 0.4) is 0 Å². The number of ether oxygens (including phenoxy) is 1. The Balaban J connectivity index is 1.85. The van der Waals surface area contributed by atoms with Crippen LogP contribution in [0, 0.1) is 0 Å². The monoisotopic (exact) mass is 289 g/mol. The Hall–Kier alpha value is -1.50. The lowest BCUT2D eigenvalue weighted by molar-refractivity contribution is -0.141. The fourth-order valence-electron chi connectivity index (χ4n) is 2.24. The van der Waals surface area contributed by atoms with E-state index in [9.17, 15) is 13.2 Å². The standard InChI is InChI=1S/C13H18F3N3O/c14-13(15,16)12-7-11(10(17)8-19-12)18-5-6-20-9-3-1-2-4-9/h7-9H,1-6,17H2,(H,18,19). The molecule has 2 rings (SSSR count). The van der Waals surface area contributed by atoms with Crippen molar-refractivity contribution < 1.29 is 17.9 Å². The molecule has 112 valence electrons. The molecule has 0 bridgehead atoms. The summed E-state index contributed by atoms with van der Waals surface area (Å²) in [6.45, 7) is 0.871. The molecule has 1 aliphatic rings. The summed E-state index contributed by atoms with van der Waals surface area (Å²) in [4.78, 5) is 3.28. The van der Waals surface area contributed by atoms with Crippen molar-refractivity contribution in [3.8, 4) is 0 Å². The van der Waals surface area contributed by atoms with E-state index in [0.29, 0.717) is 13.2 Å². The first-order valence-corrected chi connectivity index (χ1v) is 6.65. The summed E-state index contributed by atoms with van der Waals surface area (Å²) in [7, 11) is 0. The van der Waals surface area contributed by atoms with Gasteiger partial charge in [-0.25, -0.2) is 4.98 Å². The molecule has 1 fully saturated rings. The van der Waals surface area contributed by atoms with Crippen molar-refractivity contribution in [1.82, 2.24) is 4.98 Å². The minimum Gasteiger partial charge on any atom is -0.396 e. The van der Waals surface area contributed by atoms with Gasteiger partial charge in [-0.2, -0.15) is 13.2 Å². The van der Waals surface area contributed by atoms with Crippen LogP contribution in [0.25, 0.3) is 0 Å². The van der Waals surface area contributed by atoms with E-state index in [4.69, 9.17) is 10.5 Å². The minimum absolute atomic E-state index is 0.193. The average molecular weight is 289 g/mol. The number of nitrogen functional groups attached to an aromatic ring is 1. The van der Waals surface area contributed by atoms with E-state index in [-0.39, 0.29) is 17.5 Å². The summed E-state index contributed by atoms with van der Waals surface area (Å²) in [5.74, 6) is 0. The number of nitrogens with zero attached hydrogens (tertiary/aromatic N) is 1. The number of rotatable bonds is 5. The van der Waals surface area contributed by atoms with Gasteiger partial charge in [-0.1, -0.05) is 12.8 Å². The molecule has 1 saturated carbocycles. The van der Waals surface area contributed by atoms with Crippen molar-refractivity contribution >= 4 is 11.4 Å². The number of hydrogen-bond donors (Lipinski definition) is 2. The van der Waals surface area contributed by atoms with Gasteiger partial charge < -0.3 is 15.8 Å². The zero-order chi connectivity index (χ0) is 14.6. The first-order valence-electron chi connectivity index (χ1n) is 6.65. The molecule has 1 aromatic rings. The van der Waals surface area contributed by atoms with Crippen LogP contribution in [0.5, 0.6) is 0 Å². The third-order valence-corrected chi connectivity index (χ3v) is 3.30. The molecule has 1 aliphatic carbocycles.